The van der Waals surface area contributed by atoms with Crippen LogP contribution in [0.15, 0.2) is 54.9 Å². The summed E-state index contributed by atoms with van der Waals surface area (Å²) >= 11 is 0. The Kier molecular flexibility index (Phi) is 3.97. The van der Waals surface area contributed by atoms with Crippen molar-refractivity contribution in [3.63, 3.8) is 0 Å². The molecule has 0 spiro atoms. The van der Waals surface area contributed by atoms with Crippen LogP contribution in [0.5, 0.6) is 0 Å². The maximum Gasteiger partial charge on any atom is 0.137 e. The van der Waals surface area contributed by atoms with Crippen molar-refractivity contribution in [2.45, 2.75) is 19.3 Å². The number of rotatable bonds is 6. The van der Waals surface area contributed by atoms with Gasteiger partial charge >= 0.3 is 0 Å². The highest BCUT2D eigenvalue weighted by Crippen LogP contribution is 2.17. The molecule has 2 aromatic heterocycles. The molecule has 1 aromatic carbocycles. The molecule has 0 fully saturated rings. The highest BCUT2D eigenvalue weighted by molar-refractivity contribution is 5.79. The van der Waals surface area contributed by atoms with E-state index in [2.05, 4.69) is 51.8 Å². The molecular weight excluding hydrogens is 246 g/mol. The predicted octanol–water partition coefficient (Wildman–Crippen LogP) is 4.00. The first-order valence-corrected chi connectivity index (χ1v) is 7.13. The second-order valence-corrected chi connectivity index (χ2v) is 4.96. The van der Waals surface area contributed by atoms with Crippen LogP contribution in [0.25, 0.3) is 11.0 Å². The van der Waals surface area contributed by atoms with E-state index in [1.165, 1.54) is 29.5 Å². The van der Waals surface area contributed by atoms with Gasteiger partial charge in [-0.15, -0.1) is 0 Å². The molecule has 0 aliphatic heterocycles. The lowest BCUT2D eigenvalue weighted by atomic mass is 10.1. The van der Waals surface area contributed by atoms with Gasteiger partial charge in [0.05, 0.1) is 0 Å². The van der Waals surface area contributed by atoms with Crippen molar-refractivity contribution in [3.05, 3.63) is 60.4 Å². The average molecular weight is 265 g/mol. The van der Waals surface area contributed by atoms with E-state index in [-0.39, 0.29) is 0 Å². The van der Waals surface area contributed by atoms with E-state index in [4.69, 9.17) is 0 Å². The van der Waals surface area contributed by atoms with E-state index in [0.29, 0.717) is 0 Å². The number of aryl methyl sites for hydroxylation is 1. The molecule has 0 atom stereocenters. The molecule has 0 bridgehead atoms. The first-order chi connectivity index (χ1) is 9.93. The molecule has 3 nitrogen and oxygen atoms in total. The summed E-state index contributed by atoms with van der Waals surface area (Å²) in [5.74, 6) is 0. The third-order valence-corrected chi connectivity index (χ3v) is 3.51. The van der Waals surface area contributed by atoms with Gasteiger partial charge in [0.2, 0.25) is 0 Å². The van der Waals surface area contributed by atoms with Gasteiger partial charge in [0.15, 0.2) is 0 Å². The number of aromatic amines is 1. The van der Waals surface area contributed by atoms with Gasteiger partial charge in [-0.25, -0.2) is 4.98 Å². The summed E-state index contributed by atoms with van der Waals surface area (Å²) in [5.41, 5.74) is 3.56. The van der Waals surface area contributed by atoms with Crippen molar-refractivity contribution in [1.82, 2.24) is 9.97 Å². The van der Waals surface area contributed by atoms with Crippen LogP contribution in [0.3, 0.4) is 0 Å². The average Bonchev–Trinajstić information content (AvgIpc) is 2.91. The summed E-state index contributed by atoms with van der Waals surface area (Å²) in [7, 11) is 0. The van der Waals surface area contributed by atoms with E-state index in [1.807, 2.05) is 18.3 Å². The van der Waals surface area contributed by atoms with Crippen molar-refractivity contribution < 1.29 is 0 Å². The summed E-state index contributed by atoms with van der Waals surface area (Å²) in [6.45, 7) is 1.02. The number of anilines is 1. The summed E-state index contributed by atoms with van der Waals surface area (Å²) in [6, 6.07) is 14.5. The Labute approximate surface area is 119 Å². The molecule has 102 valence electrons. The van der Waals surface area contributed by atoms with E-state index in [9.17, 15) is 0 Å². The number of para-hydroxylation sites is 1. The highest BCUT2D eigenvalue weighted by atomic mass is 14.9. The van der Waals surface area contributed by atoms with Crippen molar-refractivity contribution in [3.8, 4) is 0 Å². The number of fused-ring (bicyclic) bond motifs is 1. The van der Waals surface area contributed by atoms with Crippen LogP contribution in [0.1, 0.15) is 18.4 Å². The minimum absolute atomic E-state index is 0.991. The number of unbranched alkanes of at least 4 members (excludes halogenated alkanes) is 1. The molecule has 3 aromatic rings. The Balaban J connectivity index is 1.46. The number of nitrogens with zero attached hydrogens (tertiary/aromatic N) is 1. The summed E-state index contributed by atoms with van der Waals surface area (Å²) < 4.78 is 0. The zero-order chi connectivity index (χ0) is 13.6. The molecule has 3 rings (SSSR count). The minimum Gasteiger partial charge on any atom is -0.385 e. The fourth-order valence-electron chi connectivity index (χ4n) is 2.45. The van der Waals surface area contributed by atoms with Crippen LogP contribution in [-0.2, 0) is 6.42 Å². The number of aromatic nitrogens is 2. The zero-order valence-electron chi connectivity index (χ0n) is 11.5. The third-order valence-electron chi connectivity index (χ3n) is 3.51. The smallest absolute Gasteiger partial charge is 0.137 e. The third kappa shape index (κ3) is 2.99. The fraction of sp³-hybridized carbons (Fsp3) is 0.235. The maximum absolute atomic E-state index is 4.32. The molecule has 20 heavy (non-hydrogen) atoms. The quantitative estimate of drug-likeness (QED) is 0.661. The van der Waals surface area contributed by atoms with E-state index < -0.39 is 0 Å². The summed E-state index contributed by atoms with van der Waals surface area (Å²) in [6.07, 6.45) is 7.36. The van der Waals surface area contributed by atoms with Gasteiger partial charge in [-0.3, -0.25) is 0 Å². The minimum atomic E-state index is 0.991. The maximum atomic E-state index is 4.32. The summed E-state index contributed by atoms with van der Waals surface area (Å²) in [4.78, 5) is 7.55. The number of nitrogens with one attached hydrogen (secondary N) is 2. The van der Waals surface area contributed by atoms with Crippen LogP contribution in [0.2, 0.25) is 0 Å². The first kappa shape index (κ1) is 12.7. The van der Waals surface area contributed by atoms with Gasteiger partial charge in [-0.05, 0) is 49.1 Å². The van der Waals surface area contributed by atoms with Crippen LogP contribution in [-0.4, -0.2) is 16.5 Å². The lowest BCUT2D eigenvalue weighted by Gasteiger charge is -2.05. The SMILES string of the molecule is c1ccc(NCCCCc2c[nH]c3ncccc23)cc1. The Morgan fingerprint density at radius 1 is 1.00 bits per heavy atom. The molecule has 2 heterocycles. The largest absolute Gasteiger partial charge is 0.385 e. The molecule has 0 radical (unpaired) electrons. The molecule has 3 heteroatoms. The van der Waals surface area contributed by atoms with Gasteiger partial charge in [0, 0.05) is 30.0 Å². The molecule has 0 aliphatic rings. The van der Waals surface area contributed by atoms with E-state index in [1.54, 1.807) is 0 Å². The molecule has 0 unspecified atom stereocenters. The Morgan fingerprint density at radius 2 is 1.90 bits per heavy atom. The predicted molar refractivity (Wildman–Crippen MR) is 84.0 cm³/mol. The van der Waals surface area contributed by atoms with Crippen LogP contribution in [0.4, 0.5) is 5.69 Å². The molecular formula is C17H19N3. The Morgan fingerprint density at radius 3 is 2.80 bits per heavy atom. The van der Waals surface area contributed by atoms with Crippen molar-refractivity contribution >= 4 is 16.7 Å². The molecule has 0 saturated heterocycles. The highest BCUT2D eigenvalue weighted by Gasteiger charge is 2.03. The number of hydrogen-bond acceptors (Lipinski definition) is 2. The lowest BCUT2D eigenvalue weighted by molar-refractivity contribution is 0.766. The van der Waals surface area contributed by atoms with Crippen LogP contribution < -0.4 is 5.32 Å². The normalized spacial score (nSPS) is 10.8. The van der Waals surface area contributed by atoms with Gasteiger partial charge < -0.3 is 10.3 Å². The van der Waals surface area contributed by atoms with Gasteiger partial charge in [-0.2, -0.15) is 0 Å². The molecule has 0 amide bonds. The zero-order valence-corrected chi connectivity index (χ0v) is 11.5. The second-order valence-electron chi connectivity index (χ2n) is 4.96. The molecule has 0 saturated carbocycles. The number of H-pyrrole nitrogens is 1. The topological polar surface area (TPSA) is 40.7 Å². The number of pyridine rings is 1. The number of hydrogen-bond donors (Lipinski definition) is 2. The van der Waals surface area contributed by atoms with Gasteiger partial charge in [-0.1, -0.05) is 18.2 Å². The van der Waals surface area contributed by atoms with Gasteiger partial charge in [0.1, 0.15) is 5.65 Å². The fourth-order valence-corrected chi connectivity index (χ4v) is 2.45. The van der Waals surface area contributed by atoms with Crippen molar-refractivity contribution in [2.24, 2.45) is 0 Å². The molecule has 0 aliphatic carbocycles. The van der Waals surface area contributed by atoms with Crippen LogP contribution >= 0.6 is 0 Å². The second kappa shape index (κ2) is 6.24. The molecule has 2 N–H and O–H groups in total. The number of benzene rings is 1. The monoisotopic (exact) mass is 265 g/mol. The van der Waals surface area contributed by atoms with E-state index in [0.717, 1.165) is 18.6 Å². The van der Waals surface area contributed by atoms with Gasteiger partial charge in [0.25, 0.3) is 0 Å². The van der Waals surface area contributed by atoms with Crippen molar-refractivity contribution in [1.29, 1.82) is 0 Å². The Bertz CT molecular complexity index is 658. The lowest BCUT2D eigenvalue weighted by Crippen LogP contribution is -2.01. The summed E-state index contributed by atoms with van der Waals surface area (Å²) in [5, 5.41) is 4.70. The first-order valence-electron chi connectivity index (χ1n) is 7.13. The standard InChI is InChI=1S/C17H19N3/c1-2-8-15(9-3-1)18-11-5-4-7-14-13-20-17-16(14)10-6-12-19-17/h1-3,6,8-10,12-13,18H,4-5,7,11H2,(H,19,20). The van der Waals surface area contributed by atoms with Crippen molar-refractivity contribution in [2.75, 3.05) is 11.9 Å². The van der Waals surface area contributed by atoms with Crippen LogP contribution in [0, 0.1) is 0 Å². The Hall–Kier alpha value is -2.29. The van der Waals surface area contributed by atoms with E-state index >= 15 is 0 Å².